The van der Waals surface area contributed by atoms with Crippen molar-refractivity contribution >= 4 is 28.3 Å². The number of hydrogen-bond donors (Lipinski definition) is 3. The number of likely N-dealkylation sites (N-methyl/N-ethyl adjacent to an activating group) is 1. The van der Waals surface area contributed by atoms with Gasteiger partial charge < -0.3 is 15.7 Å². The van der Waals surface area contributed by atoms with E-state index in [0.29, 0.717) is 17.2 Å². The summed E-state index contributed by atoms with van der Waals surface area (Å²) in [7, 11) is 1.56. The van der Waals surface area contributed by atoms with E-state index in [-0.39, 0.29) is 12.5 Å². The number of amides is 1. The van der Waals surface area contributed by atoms with E-state index < -0.39 is 11.9 Å². The van der Waals surface area contributed by atoms with Crippen LogP contribution in [0.2, 0.25) is 0 Å². The number of nitrogens with one attached hydrogen (secondary N) is 2. The molecule has 0 fully saturated rings. The predicted molar refractivity (Wildman–Crippen MR) is 63.4 cm³/mol. The lowest BCUT2D eigenvalue weighted by Crippen LogP contribution is -2.26. The van der Waals surface area contributed by atoms with E-state index in [9.17, 15) is 9.59 Å². The van der Waals surface area contributed by atoms with Gasteiger partial charge in [-0.1, -0.05) is 0 Å². The maximum atomic E-state index is 11.0. The Kier molecular flexibility index (Phi) is 3.28. The number of carboxylic acid groups (broad SMARTS) is 1. The molecule has 1 heterocycles. The van der Waals surface area contributed by atoms with Gasteiger partial charge in [-0.3, -0.25) is 9.59 Å². The molecule has 0 radical (unpaired) electrons. The molecule has 2 rings (SSSR count). The normalized spacial score (nSPS) is 17.6. The van der Waals surface area contributed by atoms with Crippen LogP contribution in [0.15, 0.2) is 0 Å². The highest BCUT2D eigenvalue weighted by molar-refractivity contribution is 7.15. The maximum Gasteiger partial charge on any atom is 0.312 e. The minimum atomic E-state index is -0.827. The summed E-state index contributed by atoms with van der Waals surface area (Å²) in [6.45, 7) is 0.153. The van der Waals surface area contributed by atoms with Crippen molar-refractivity contribution in [1.29, 1.82) is 0 Å². The van der Waals surface area contributed by atoms with Crippen molar-refractivity contribution < 1.29 is 14.7 Å². The number of aliphatic carboxylic acids is 1. The standard InChI is InChI=1S/C10H13N3O3S/c1-11-7(14)4-12-10-13-8-5(9(15)16)2-3-6(8)17-10/h5H,2-4H2,1H3,(H,11,14)(H,12,13)(H,15,16). The van der Waals surface area contributed by atoms with E-state index in [2.05, 4.69) is 15.6 Å². The maximum absolute atomic E-state index is 11.0. The summed E-state index contributed by atoms with van der Waals surface area (Å²) in [6, 6.07) is 0. The fourth-order valence-electron chi connectivity index (χ4n) is 1.79. The SMILES string of the molecule is CNC(=O)CNc1nc2c(s1)CCC2C(=O)O. The number of carbonyl (C=O) groups is 2. The number of carboxylic acids is 1. The van der Waals surface area contributed by atoms with Gasteiger partial charge in [0.15, 0.2) is 5.13 Å². The van der Waals surface area contributed by atoms with Gasteiger partial charge in [0.2, 0.25) is 5.91 Å². The Morgan fingerprint density at radius 2 is 2.35 bits per heavy atom. The van der Waals surface area contributed by atoms with Crippen LogP contribution in [0.25, 0.3) is 0 Å². The zero-order valence-corrected chi connectivity index (χ0v) is 10.1. The van der Waals surface area contributed by atoms with Gasteiger partial charge >= 0.3 is 5.97 Å². The summed E-state index contributed by atoms with van der Waals surface area (Å²) < 4.78 is 0. The van der Waals surface area contributed by atoms with E-state index in [1.165, 1.54) is 11.3 Å². The third-order valence-corrected chi connectivity index (χ3v) is 3.78. The molecular weight excluding hydrogens is 242 g/mol. The average molecular weight is 255 g/mol. The second-order valence-corrected chi connectivity index (χ2v) is 4.87. The van der Waals surface area contributed by atoms with Crippen LogP contribution in [-0.2, 0) is 16.0 Å². The molecule has 7 heteroatoms. The first-order valence-corrected chi connectivity index (χ1v) is 6.10. The number of rotatable bonds is 4. The topological polar surface area (TPSA) is 91.3 Å². The monoisotopic (exact) mass is 255 g/mol. The Labute approximate surface area is 102 Å². The summed E-state index contributed by atoms with van der Waals surface area (Å²) in [5.74, 6) is -1.45. The Hall–Kier alpha value is -1.63. The Balaban J connectivity index is 2.06. The predicted octanol–water partition coefficient (Wildman–Crippen LogP) is 0.415. The molecule has 1 aliphatic carbocycles. The zero-order chi connectivity index (χ0) is 12.4. The largest absolute Gasteiger partial charge is 0.481 e. The van der Waals surface area contributed by atoms with E-state index in [4.69, 9.17) is 5.11 Å². The second-order valence-electron chi connectivity index (χ2n) is 3.78. The second kappa shape index (κ2) is 4.70. The number of hydrogen-bond acceptors (Lipinski definition) is 5. The number of aromatic nitrogens is 1. The number of fused-ring (bicyclic) bond motifs is 1. The lowest BCUT2D eigenvalue weighted by atomic mass is 10.1. The van der Waals surface area contributed by atoms with Gasteiger partial charge in [0, 0.05) is 11.9 Å². The minimum Gasteiger partial charge on any atom is -0.481 e. The third-order valence-electron chi connectivity index (χ3n) is 2.69. The highest BCUT2D eigenvalue weighted by atomic mass is 32.1. The quantitative estimate of drug-likeness (QED) is 0.725. The first kappa shape index (κ1) is 11.8. The van der Waals surface area contributed by atoms with Gasteiger partial charge in [-0.2, -0.15) is 0 Å². The zero-order valence-electron chi connectivity index (χ0n) is 9.32. The fourth-order valence-corrected chi connectivity index (χ4v) is 2.82. The van der Waals surface area contributed by atoms with Crippen molar-refractivity contribution in [2.75, 3.05) is 18.9 Å². The van der Waals surface area contributed by atoms with Crippen LogP contribution in [0.5, 0.6) is 0 Å². The summed E-state index contributed by atoms with van der Waals surface area (Å²) in [6.07, 6.45) is 1.38. The van der Waals surface area contributed by atoms with Gasteiger partial charge in [-0.25, -0.2) is 4.98 Å². The molecule has 0 aromatic carbocycles. The first-order chi connectivity index (χ1) is 8.11. The third kappa shape index (κ3) is 2.38. The number of nitrogens with zero attached hydrogens (tertiary/aromatic N) is 1. The van der Waals surface area contributed by atoms with Crippen LogP contribution >= 0.6 is 11.3 Å². The highest BCUT2D eigenvalue weighted by Crippen LogP contribution is 2.38. The molecule has 92 valence electrons. The van der Waals surface area contributed by atoms with Gasteiger partial charge in [0.1, 0.15) is 5.92 Å². The molecule has 0 spiro atoms. The van der Waals surface area contributed by atoms with Gasteiger partial charge in [0.05, 0.1) is 12.2 Å². The number of anilines is 1. The van der Waals surface area contributed by atoms with Crippen LogP contribution in [0.3, 0.4) is 0 Å². The van der Waals surface area contributed by atoms with Crippen molar-refractivity contribution in [2.24, 2.45) is 0 Å². The molecule has 3 N–H and O–H groups in total. The van der Waals surface area contributed by atoms with Crippen molar-refractivity contribution in [3.05, 3.63) is 10.6 Å². The summed E-state index contributed by atoms with van der Waals surface area (Å²) >= 11 is 1.43. The van der Waals surface area contributed by atoms with Gasteiger partial charge in [0.25, 0.3) is 0 Å². The van der Waals surface area contributed by atoms with Crippen LogP contribution in [-0.4, -0.2) is 35.6 Å². The smallest absolute Gasteiger partial charge is 0.312 e. The van der Waals surface area contributed by atoms with Crippen LogP contribution in [0.1, 0.15) is 22.9 Å². The number of thiazole rings is 1. The number of aryl methyl sites for hydroxylation is 1. The van der Waals surface area contributed by atoms with Gasteiger partial charge in [-0.05, 0) is 12.8 Å². The van der Waals surface area contributed by atoms with E-state index in [1.807, 2.05) is 0 Å². The molecule has 1 aliphatic rings. The molecule has 1 amide bonds. The molecule has 0 aliphatic heterocycles. The summed E-state index contributed by atoms with van der Waals surface area (Å²) in [5, 5.41) is 15.0. The molecule has 1 atom stereocenters. The average Bonchev–Trinajstić information content (AvgIpc) is 2.84. The van der Waals surface area contributed by atoms with Crippen LogP contribution in [0, 0.1) is 0 Å². The van der Waals surface area contributed by atoms with E-state index in [0.717, 1.165) is 11.3 Å². The molecule has 6 nitrogen and oxygen atoms in total. The van der Waals surface area contributed by atoms with Crippen LogP contribution < -0.4 is 10.6 Å². The van der Waals surface area contributed by atoms with Crippen molar-refractivity contribution in [3.63, 3.8) is 0 Å². The summed E-state index contributed by atoms with van der Waals surface area (Å²) in [5.41, 5.74) is 0.655. The molecule has 0 saturated carbocycles. The molecule has 1 unspecified atom stereocenters. The molecule has 0 saturated heterocycles. The van der Waals surface area contributed by atoms with Crippen molar-refractivity contribution in [3.8, 4) is 0 Å². The van der Waals surface area contributed by atoms with Crippen molar-refractivity contribution in [1.82, 2.24) is 10.3 Å². The fraction of sp³-hybridized carbons (Fsp3) is 0.500. The van der Waals surface area contributed by atoms with Crippen molar-refractivity contribution in [2.45, 2.75) is 18.8 Å². The lowest BCUT2D eigenvalue weighted by molar-refractivity contribution is -0.138. The Morgan fingerprint density at radius 3 is 3.00 bits per heavy atom. The van der Waals surface area contributed by atoms with Crippen LogP contribution in [0.4, 0.5) is 5.13 Å². The summed E-state index contributed by atoms with van der Waals surface area (Å²) in [4.78, 5) is 27.3. The van der Waals surface area contributed by atoms with E-state index in [1.54, 1.807) is 7.05 Å². The molecule has 1 aromatic rings. The number of carbonyl (C=O) groups excluding carboxylic acids is 1. The molecular formula is C10H13N3O3S. The molecule has 17 heavy (non-hydrogen) atoms. The van der Waals surface area contributed by atoms with Gasteiger partial charge in [-0.15, -0.1) is 11.3 Å². The molecule has 0 bridgehead atoms. The highest BCUT2D eigenvalue weighted by Gasteiger charge is 2.32. The lowest BCUT2D eigenvalue weighted by Gasteiger charge is -2.03. The molecule has 1 aromatic heterocycles. The van der Waals surface area contributed by atoms with E-state index >= 15 is 0 Å². The first-order valence-electron chi connectivity index (χ1n) is 5.28. The Morgan fingerprint density at radius 1 is 1.59 bits per heavy atom. The minimum absolute atomic E-state index is 0.129. The Bertz CT molecular complexity index is 458.